The Hall–Kier alpha value is -2.09. The van der Waals surface area contributed by atoms with Crippen molar-refractivity contribution in [3.63, 3.8) is 0 Å². The number of aromatic nitrogens is 2. The molecule has 1 aromatic heterocycles. The van der Waals surface area contributed by atoms with Gasteiger partial charge in [-0.25, -0.2) is 9.97 Å². The molecule has 1 atom stereocenters. The standard InChI is InChI=1S/C22H29ClN4O3/c1-29-19-5-4-16(23)11-18(19)22(6-9-30-10-7-22)14-24-20-12-21(26-15-25-20)27-8-2-3-17(27)13-28/h4-5,11-12,15,17,28H,2-3,6-10,13-14H2,1H3,(H,24,25,26). The van der Waals surface area contributed by atoms with Gasteiger partial charge in [-0.15, -0.1) is 0 Å². The molecule has 2 aliphatic heterocycles. The largest absolute Gasteiger partial charge is 0.496 e. The third-order valence-corrected chi connectivity index (χ3v) is 6.56. The van der Waals surface area contributed by atoms with Gasteiger partial charge in [0, 0.05) is 48.4 Å². The Morgan fingerprint density at radius 2 is 2.13 bits per heavy atom. The molecule has 2 saturated heterocycles. The summed E-state index contributed by atoms with van der Waals surface area (Å²) >= 11 is 6.34. The molecule has 0 radical (unpaired) electrons. The molecule has 0 aliphatic carbocycles. The average molecular weight is 433 g/mol. The van der Waals surface area contributed by atoms with E-state index in [0.717, 1.165) is 55.2 Å². The van der Waals surface area contributed by atoms with Gasteiger partial charge in [0.2, 0.25) is 0 Å². The van der Waals surface area contributed by atoms with E-state index in [1.165, 1.54) is 0 Å². The summed E-state index contributed by atoms with van der Waals surface area (Å²) in [6.45, 7) is 3.12. The third kappa shape index (κ3) is 4.33. The van der Waals surface area contributed by atoms with E-state index in [1.807, 2.05) is 24.3 Å². The maximum Gasteiger partial charge on any atom is 0.134 e. The van der Waals surface area contributed by atoms with Crippen LogP contribution in [0.15, 0.2) is 30.6 Å². The van der Waals surface area contributed by atoms with Gasteiger partial charge in [0.25, 0.3) is 0 Å². The highest BCUT2D eigenvalue weighted by Crippen LogP contribution is 2.41. The number of ether oxygens (including phenoxy) is 2. The first-order valence-electron chi connectivity index (χ1n) is 10.5. The van der Waals surface area contributed by atoms with Gasteiger partial charge in [-0.05, 0) is 43.9 Å². The van der Waals surface area contributed by atoms with Crippen molar-refractivity contribution in [1.29, 1.82) is 0 Å². The van der Waals surface area contributed by atoms with Crippen LogP contribution in [-0.4, -0.2) is 61.1 Å². The van der Waals surface area contributed by atoms with Crippen molar-refractivity contribution in [3.8, 4) is 5.75 Å². The summed E-state index contributed by atoms with van der Waals surface area (Å²) in [5.41, 5.74) is 0.934. The summed E-state index contributed by atoms with van der Waals surface area (Å²) < 4.78 is 11.3. The van der Waals surface area contributed by atoms with Crippen LogP contribution in [0.25, 0.3) is 0 Å². The van der Waals surface area contributed by atoms with Crippen LogP contribution in [-0.2, 0) is 10.2 Å². The molecule has 0 amide bonds. The van der Waals surface area contributed by atoms with Crippen LogP contribution in [0.2, 0.25) is 5.02 Å². The van der Waals surface area contributed by atoms with Gasteiger partial charge < -0.3 is 24.8 Å². The second-order valence-electron chi connectivity index (χ2n) is 8.02. The van der Waals surface area contributed by atoms with Crippen LogP contribution >= 0.6 is 11.6 Å². The highest BCUT2D eigenvalue weighted by atomic mass is 35.5. The van der Waals surface area contributed by atoms with Crippen molar-refractivity contribution >= 4 is 23.2 Å². The lowest BCUT2D eigenvalue weighted by atomic mass is 9.73. The molecule has 2 aliphatic rings. The van der Waals surface area contributed by atoms with E-state index in [9.17, 15) is 5.11 Å². The zero-order valence-corrected chi connectivity index (χ0v) is 18.1. The first kappa shape index (κ1) is 21.2. The Labute approximate surface area is 182 Å². The number of nitrogens with one attached hydrogen (secondary N) is 1. The first-order valence-corrected chi connectivity index (χ1v) is 10.9. The zero-order chi connectivity index (χ0) is 21.0. The molecule has 1 aromatic carbocycles. The molecule has 1 unspecified atom stereocenters. The van der Waals surface area contributed by atoms with Gasteiger partial charge in [-0.3, -0.25) is 0 Å². The van der Waals surface area contributed by atoms with Crippen LogP contribution in [0, 0.1) is 0 Å². The molecule has 0 spiro atoms. The Balaban J connectivity index is 1.57. The number of aliphatic hydroxyl groups excluding tert-OH is 1. The lowest BCUT2D eigenvalue weighted by Gasteiger charge is -2.39. The predicted molar refractivity (Wildman–Crippen MR) is 118 cm³/mol. The lowest BCUT2D eigenvalue weighted by molar-refractivity contribution is 0.0535. The second kappa shape index (κ2) is 9.37. The Morgan fingerprint density at radius 1 is 1.30 bits per heavy atom. The van der Waals surface area contributed by atoms with E-state index in [-0.39, 0.29) is 18.1 Å². The number of halogens is 1. The van der Waals surface area contributed by atoms with Crippen molar-refractivity contribution < 1.29 is 14.6 Å². The minimum Gasteiger partial charge on any atom is -0.496 e. The van der Waals surface area contributed by atoms with Gasteiger partial charge >= 0.3 is 0 Å². The fourth-order valence-corrected chi connectivity index (χ4v) is 4.76. The SMILES string of the molecule is COc1ccc(Cl)cc1C1(CNc2cc(N3CCCC3CO)ncn2)CCOCC1. The number of rotatable bonds is 7. The summed E-state index contributed by atoms with van der Waals surface area (Å²) in [4.78, 5) is 11.0. The van der Waals surface area contributed by atoms with Gasteiger partial charge in [-0.2, -0.15) is 0 Å². The molecular weight excluding hydrogens is 404 g/mol. The molecule has 4 rings (SSSR count). The van der Waals surface area contributed by atoms with Crippen molar-refractivity contribution in [2.24, 2.45) is 0 Å². The van der Waals surface area contributed by atoms with Gasteiger partial charge in [0.05, 0.1) is 19.8 Å². The summed E-state index contributed by atoms with van der Waals surface area (Å²) in [6.07, 6.45) is 5.37. The molecule has 8 heteroatoms. The minimum atomic E-state index is -0.166. The second-order valence-corrected chi connectivity index (χ2v) is 8.46. The van der Waals surface area contributed by atoms with Crippen LogP contribution in [0.5, 0.6) is 5.75 Å². The highest BCUT2D eigenvalue weighted by Gasteiger charge is 2.37. The number of methoxy groups -OCH3 is 1. The number of hydrogen-bond donors (Lipinski definition) is 2. The highest BCUT2D eigenvalue weighted by molar-refractivity contribution is 6.30. The molecule has 0 saturated carbocycles. The van der Waals surface area contributed by atoms with E-state index in [2.05, 4.69) is 20.2 Å². The predicted octanol–water partition coefficient (Wildman–Crippen LogP) is 3.26. The molecule has 162 valence electrons. The molecule has 3 heterocycles. The quantitative estimate of drug-likeness (QED) is 0.695. The Kier molecular flexibility index (Phi) is 6.61. The first-order chi connectivity index (χ1) is 14.6. The smallest absolute Gasteiger partial charge is 0.134 e. The summed E-state index contributed by atoms with van der Waals surface area (Å²) in [6, 6.07) is 7.89. The maximum absolute atomic E-state index is 9.64. The number of nitrogens with zero attached hydrogens (tertiary/aromatic N) is 3. The van der Waals surface area contributed by atoms with Gasteiger partial charge in [0.15, 0.2) is 0 Å². The minimum absolute atomic E-state index is 0.130. The van der Waals surface area contributed by atoms with E-state index >= 15 is 0 Å². The molecule has 2 fully saturated rings. The van der Waals surface area contributed by atoms with E-state index in [4.69, 9.17) is 21.1 Å². The van der Waals surface area contributed by atoms with E-state index < -0.39 is 0 Å². The fraction of sp³-hybridized carbons (Fsp3) is 0.545. The molecule has 30 heavy (non-hydrogen) atoms. The van der Waals surface area contributed by atoms with Gasteiger partial charge in [0.1, 0.15) is 23.7 Å². The summed E-state index contributed by atoms with van der Waals surface area (Å²) in [5.74, 6) is 2.47. The molecule has 2 N–H and O–H groups in total. The van der Waals surface area contributed by atoms with Crippen molar-refractivity contribution in [3.05, 3.63) is 41.2 Å². The monoisotopic (exact) mass is 432 g/mol. The van der Waals surface area contributed by atoms with Crippen LogP contribution in [0.4, 0.5) is 11.6 Å². The molecule has 7 nitrogen and oxygen atoms in total. The average Bonchev–Trinajstić information content (AvgIpc) is 3.27. The summed E-state index contributed by atoms with van der Waals surface area (Å²) in [7, 11) is 1.69. The molecular formula is C22H29ClN4O3. The van der Waals surface area contributed by atoms with Gasteiger partial charge in [-0.1, -0.05) is 11.6 Å². The molecule has 0 bridgehead atoms. The summed E-state index contributed by atoms with van der Waals surface area (Å²) in [5, 5.41) is 13.9. The van der Waals surface area contributed by atoms with Crippen LogP contribution < -0.4 is 15.0 Å². The Bertz CT molecular complexity index is 860. The number of benzene rings is 1. The zero-order valence-electron chi connectivity index (χ0n) is 17.3. The Morgan fingerprint density at radius 3 is 2.90 bits per heavy atom. The van der Waals surface area contributed by atoms with Crippen LogP contribution in [0.1, 0.15) is 31.2 Å². The number of hydrogen-bond acceptors (Lipinski definition) is 7. The van der Waals surface area contributed by atoms with Crippen LogP contribution in [0.3, 0.4) is 0 Å². The number of anilines is 2. The van der Waals surface area contributed by atoms with Crippen molar-refractivity contribution in [1.82, 2.24) is 9.97 Å². The van der Waals surface area contributed by atoms with E-state index in [0.29, 0.717) is 24.8 Å². The fourth-order valence-electron chi connectivity index (χ4n) is 4.59. The normalized spacial score (nSPS) is 20.9. The lowest BCUT2D eigenvalue weighted by Crippen LogP contribution is -2.40. The third-order valence-electron chi connectivity index (χ3n) is 6.33. The number of aliphatic hydroxyl groups is 1. The van der Waals surface area contributed by atoms with Crippen molar-refractivity contribution in [2.45, 2.75) is 37.1 Å². The maximum atomic E-state index is 9.64. The van der Waals surface area contributed by atoms with E-state index in [1.54, 1.807) is 13.4 Å². The molecule has 2 aromatic rings. The van der Waals surface area contributed by atoms with Crippen molar-refractivity contribution in [2.75, 3.05) is 50.2 Å². The topological polar surface area (TPSA) is 79.7 Å².